The van der Waals surface area contributed by atoms with E-state index in [2.05, 4.69) is 19.1 Å². The van der Waals surface area contributed by atoms with Crippen LogP contribution in [0, 0.1) is 0 Å². The standard InChI is InChI=1S/C30H48O6/c1-3-4-5-13-20-29(36-27(2)31)21-14-10-8-6-7-9-11-17-22-30(32)35-26-24-33-23-25-34-28-18-15-12-16-19-28/h10,12,14-16,18-19,29H,3-9,11,13,17,20-26H2,1-2H3/b14-10-. The molecular weight excluding hydrogens is 456 g/mol. The zero-order chi connectivity index (χ0) is 26.1. The van der Waals surface area contributed by atoms with Gasteiger partial charge in [0.15, 0.2) is 0 Å². The van der Waals surface area contributed by atoms with Crippen molar-refractivity contribution in [3.05, 3.63) is 42.5 Å². The number of esters is 2. The summed E-state index contributed by atoms with van der Waals surface area (Å²) < 4.78 is 21.6. The minimum atomic E-state index is -0.189. The molecule has 0 N–H and O–H groups in total. The zero-order valence-electron chi connectivity index (χ0n) is 22.6. The fraction of sp³-hybridized carbons (Fsp3) is 0.667. The van der Waals surface area contributed by atoms with Gasteiger partial charge in [0.05, 0.1) is 13.2 Å². The third kappa shape index (κ3) is 19.9. The molecule has 1 rings (SSSR count). The second-order valence-corrected chi connectivity index (χ2v) is 9.09. The third-order valence-corrected chi connectivity index (χ3v) is 5.76. The van der Waals surface area contributed by atoms with Gasteiger partial charge in [-0.1, -0.05) is 75.8 Å². The summed E-state index contributed by atoms with van der Waals surface area (Å²) in [5, 5.41) is 0. The zero-order valence-corrected chi connectivity index (χ0v) is 22.6. The Balaban J connectivity index is 1.91. The Bertz CT molecular complexity index is 688. The first kappa shape index (κ1) is 31.7. The Morgan fingerprint density at radius 3 is 2.33 bits per heavy atom. The minimum absolute atomic E-state index is 0.00980. The van der Waals surface area contributed by atoms with Gasteiger partial charge in [-0.15, -0.1) is 0 Å². The van der Waals surface area contributed by atoms with Gasteiger partial charge in [-0.05, 0) is 44.2 Å². The van der Waals surface area contributed by atoms with Crippen LogP contribution in [0.15, 0.2) is 42.5 Å². The predicted octanol–water partition coefficient (Wildman–Crippen LogP) is 7.20. The molecule has 0 saturated carbocycles. The topological polar surface area (TPSA) is 71.1 Å². The van der Waals surface area contributed by atoms with Crippen LogP contribution in [0.25, 0.3) is 0 Å². The van der Waals surface area contributed by atoms with Crippen molar-refractivity contribution in [1.29, 1.82) is 0 Å². The van der Waals surface area contributed by atoms with Crippen LogP contribution in [-0.2, 0) is 23.8 Å². The Labute approximate surface area is 218 Å². The normalized spacial score (nSPS) is 11.9. The summed E-state index contributed by atoms with van der Waals surface area (Å²) in [7, 11) is 0. The summed E-state index contributed by atoms with van der Waals surface area (Å²) in [6, 6.07) is 9.60. The number of ether oxygens (including phenoxy) is 4. The van der Waals surface area contributed by atoms with E-state index in [1.807, 2.05) is 30.3 Å². The van der Waals surface area contributed by atoms with E-state index in [4.69, 9.17) is 18.9 Å². The van der Waals surface area contributed by atoms with Crippen LogP contribution in [-0.4, -0.2) is 44.5 Å². The Kier molecular flexibility index (Phi) is 20.3. The van der Waals surface area contributed by atoms with Gasteiger partial charge in [-0.2, -0.15) is 0 Å². The molecule has 1 atom stereocenters. The number of hydrogen-bond donors (Lipinski definition) is 0. The molecule has 0 saturated heterocycles. The summed E-state index contributed by atoms with van der Waals surface area (Å²) in [5.74, 6) is 0.478. The van der Waals surface area contributed by atoms with Gasteiger partial charge in [-0.3, -0.25) is 9.59 Å². The lowest BCUT2D eigenvalue weighted by atomic mass is 10.1. The largest absolute Gasteiger partial charge is 0.491 e. The highest BCUT2D eigenvalue weighted by Gasteiger charge is 2.09. The second kappa shape index (κ2) is 23.1. The van der Waals surface area contributed by atoms with Gasteiger partial charge >= 0.3 is 11.9 Å². The van der Waals surface area contributed by atoms with E-state index in [9.17, 15) is 9.59 Å². The molecule has 0 heterocycles. The maximum Gasteiger partial charge on any atom is 0.305 e. The first-order chi connectivity index (χ1) is 17.6. The highest BCUT2D eigenvalue weighted by Crippen LogP contribution is 2.14. The van der Waals surface area contributed by atoms with Crippen molar-refractivity contribution in [1.82, 2.24) is 0 Å². The quantitative estimate of drug-likeness (QED) is 0.0891. The maximum atomic E-state index is 11.8. The van der Waals surface area contributed by atoms with Crippen LogP contribution in [0.1, 0.15) is 97.3 Å². The monoisotopic (exact) mass is 504 g/mol. The molecular formula is C30H48O6. The molecule has 0 bridgehead atoms. The second-order valence-electron chi connectivity index (χ2n) is 9.09. The predicted molar refractivity (Wildman–Crippen MR) is 144 cm³/mol. The summed E-state index contributed by atoms with van der Waals surface area (Å²) in [6.45, 7) is 5.30. The number of unbranched alkanes of at least 4 members (excludes halogenated alkanes) is 8. The van der Waals surface area contributed by atoms with Crippen molar-refractivity contribution >= 4 is 11.9 Å². The summed E-state index contributed by atoms with van der Waals surface area (Å²) in [5.41, 5.74) is 0. The maximum absolute atomic E-state index is 11.8. The number of allylic oxidation sites excluding steroid dienone is 1. The van der Waals surface area contributed by atoms with Crippen LogP contribution in [0.2, 0.25) is 0 Å². The molecule has 0 fully saturated rings. The van der Waals surface area contributed by atoms with Gasteiger partial charge in [0.25, 0.3) is 0 Å². The number of carbonyl (C=O) groups is 2. The molecule has 204 valence electrons. The average molecular weight is 505 g/mol. The van der Waals surface area contributed by atoms with Crippen molar-refractivity contribution in [2.75, 3.05) is 26.4 Å². The molecule has 0 aliphatic heterocycles. The molecule has 6 nitrogen and oxygen atoms in total. The summed E-state index contributed by atoms with van der Waals surface area (Å²) >= 11 is 0. The van der Waals surface area contributed by atoms with Crippen LogP contribution < -0.4 is 4.74 Å². The highest BCUT2D eigenvalue weighted by atomic mass is 16.6. The first-order valence-electron chi connectivity index (χ1n) is 13.8. The lowest BCUT2D eigenvalue weighted by molar-refractivity contribution is -0.147. The van der Waals surface area contributed by atoms with Crippen LogP contribution >= 0.6 is 0 Å². The van der Waals surface area contributed by atoms with E-state index < -0.39 is 0 Å². The molecule has 1 aromatic carbocycles. The first-order valence-corrected chi connectivity index (χ1v) is 13.8. The Morgan fingerprint density at radius 1 is 0.833 bits per heavy atom. The lowest BCUT2D eigenvalue weighted by Crippen LogP contribution is -2.15. The lowest BCUT2D eigenvalue weighted by Gasteiger charge is -2.15. The van der Waals surface area contributed by atoms with E-state index >= 15 is 0 Å². The van der Waals surface area contributed by atoms with Gasteiger partial charge in [0, 0.05) is 19.8 Å². The number of carbonyl (C=O) groups excluding carboxylic acids is 2. The Morgan fingerprint density at radius 2 is 1.56 bits per heavy atom. The molecule has 1 aromatic rings. The molecule has 0 aliphatic carbocycles. The molecule has 0 aromatic heterocycles. The van der Waals surface area contributed by atoms with Gasteiger partial charge in [-0.25, -0.2) is 0 Å². The summed E-state index contributed by atoms with van der Waals surface area (Å²) in [4.78, 5) is 23.1. The van der Waals surface area contributed by atoms with Crippen molar-refractivity contribution < 1.29 is 28.5 Å². The SMILES string of the molecule is CCCCCCC(C/C=C\CCCCCCCC(=O)OCCOCCOc1ccccc1)OC(C)=O. The van der Waals surface area contributed by atoms with E-state index in [1.54, 1.807) is 0 Å². The van der Waals surface area contributed by atoms with Crippen LogP contribution in [0.4, 0.5) is 0 Å². The molecule has 6 heteroatoms. The number of para-hydroxylation sites is 1. The third-order valence-electron chi connectivity index (χ3n) is 5.76. The Hall–Kier alpha value is -2.34. The fourth-order valence-corrected chi connectivity index (χ4v) is 3.81. The molecule has 0 aliphatic rings. The average Bonchev–Trinajstić information content (AvgIpc) is 2.87. The number of benzene rings is 1. The number of hydrogen-bond acceptors (Lipinski definition) is 6. The van der Waals surface area contributed by atoms with E-state index in [1.165, 1.54) is 26.2 Å². The fourth-order valence-electron chi connectivity index (χ4n) is 3.81. The molecule has 1 unspecified atom stereocenters. The van der Waals surface area contributed by atoms with Crippen LogP contribution in [0.5, 0.6) is 5.75 Å². The van der Waals surface area contributed by atoms with E-state index in [-0.39, 0.29) is 24.6 Å². The smallest absolute Gasteiger partial charge is 0.305 e. The van der Waals surface area contributed by atoms with E-state index in [0.717, 1.165) is 63.5 Å². The molecule has 36 heavy (non-hydrogen) atoms. The molecule has 0 amide bonds. The van der Waals surface area contributed by atoms with Gasteiger partial charge < -0.3 is 18.9 Å². The van der Waals surface area contributed by atoms with Crippen molar-refractivity contribution in [2.45, 2.75) is 103 Å². The van der Waals surface area contributed by atoms with Crippen molar-refractivity contribution in [3.8, 4) is 5.75 Å². The highest BCUT2D eigenvalue weighted by molar-refractivity contribution is 5.69. The molecule has 0 spiro atoms. The number of rotatable bonds is 23. The van der Waals surface area contributed by atoms with Crippen LogP contribution in [0.3, 0.4) is 0 Å². The van der Waals surface area contributed by atoms with Gasteiger partial charge in [0.1, 0.15) is 25.1 Å². The van der Waals surface area contributed by atoms with E-state index in [0.29, 0.717) is 26.2 Å². The molecule has 0 radical (unpaired) electrons. The minimum Gasteiger partial charge on any atom is -0.491 e. The summed E-state index contributed by atoms with van der Waals surface area (Å²) in [6.07, 6.45) is 17.7. The van der Waals surface area contributed by atoms with Crippen molar-refractivity contribution in [3.63, 3.8) is 0 Å². The van der Waals surface area contributed by atoms with Crippen molar-refractivity contribution in [2.24, 2.45) is 0 Å². The van der Waals surface area contributed by atoms with Gasteiger partial charge in [0.2, 0.25) is 0 Å².